The summed E-state index contributed by atoms with van der Waals surface area (Å²) in [4.78, 5) is 4.28. The highest BCUT2D eigenvalue weighted by molar-refractivity contribution is 9.10. The van der Waals surface area contributed by atoms with Gasteiger partial charge in [0.05, 0.1) is 17.5 Å². The van der Waals surface area contributed by atoms with Gasteiger partial charge in [0, 0.05) is 28.3 Å². The fraction of sp³-hybridized carbons (Fsp3) is 0.357. The van der Waals surface area contributed by atoms with Crippen molar-refractivity contribution in [3.8, 4) is 0 Å². The van der Waals surface area contributed by atoms with Crippen LogP contribution in [-0.4, -0.2) is 20.3 Å². The molecule has 0 bridgehead atoms. The van der Waals surface area contributed by atoms with Crippen molar-refractivity contribution in [3.05, 3.63) is 51.5 Å². The Kier molecular flexibility index (Phi) is 4.61. The van der Waals surface area contributed by atoms with Gasteiger partial charge in [-0.05, 0) is 47.5 Å². The van der Waals surface area contributed by atoms with Crippen molar-refractivity contribution < 1.29 is 5.11 Å². The molecular formula is C14H16BrN3O. The quantitative estimate of drug-likeness (QED) is 0.940. The zero-order valence-corrected chi connectivity index (χ0v) is 12.6. The standard InChI is InChI=1S/C14H16BrN3O/c1-3-13-12(6-9(2)17-18-13)14(19)7-11-5-4-10(15)8-16-11/h4-6,8,14,19H,3,7H2,1-2H3. The molecule has 0 aromatic carbocycles. The molecule has 2 aromatic heterocycles. The summed E-state index contributed by atoms with van der Waals surface area (Å²) in [7, 11) is 0. The van der Waals surface area contributed by atoms with Gasteiger partial charge in [-0.1, -0.05) is 6.92 Å². The summed E-state index contributed by atoms with van der Waals surface area (Å²) in [6, 6.07) is 5.72. The summed E-state index contributed by atoms with van der Waals surface area (Å²) in [6.07, 6.45) is 2.37. The van der Waals surface area contributed by atoms with E-state index in [0.29, 0.717) is 6.42 Å². The summed E-state index contributed by atoms with van der Waals surface area (Å²) in [5, 5.41) is 18.5. The van der Waals surface area contributed by atoms with Crippen molar-refractivity contribution in [2.45, 2.75) is 32.8 Å². The molecular weight excluding hydrogens is 306 g/mol. The number of aromatic nitrogens is 3. The van der Waals surface area contributed by atoms with Crippen LogP contribution in [0.25, 0.3) is 0 Å². The second-order valence-electron chi connectivity index (χ2n) is 4.43. The lowest BCUT2D eigenvalue weighted by molar-refractivity contribution is 0.175. The molecule has 100 valence electrons. The lowest BCUT2D eigenvalue weighted by atomic mass is 10.0. The maximum absolute atomic E-state index is 10.4. The zero-order valence-electron chi connectivity index (χ0n) is 11.0. The number of pyridine rings is 1. The summed E-state index contributed by atoms with van der Waals surface area (Å²) in [5.74, 6) is 0. The number of hydrogen-bond acceptors (Lipinski definition) is 4. The molecule has 0 spiro atoms. The second-order valence-corrected chi connectivity index (χ2v) is 5.34. The number of aliphatic hydroxyl groups excluding tert-OH is 1. The topological polar surface area (TPSA) is 58.9 Å². The SMILES string of the molecule is CCc1nnc(C)cc1C(O)Cc1ccc(Br)cn1. The molecule has 1 atom stereocenters. The summed E-state index contributed by atoms with van der Waals surface area (Å²) in [5.41, 5.74) is 3.36. The molecule has 0 radical (unpaired) electrons. The minimum Gasteiger partial charge on any atom is -0.388 e. The Morgan fingerprint density at radius 3 is 2.74 bits per heavy atom. The van der Waals surface area contributed by atoms with Crippen molar-refractivity contribution in [3.63, 3.8) is 0 Å². The molecule has 0 aliphatic rings. The molecule has 0 aliphatic heterocycles. The second kappa shape index (κ2) is 6.21. The molecule has 1 N–H and O–H groups in total. The third-order valence-corrected chi connectivity index (χ3v) is 3.38. The van der Waals surface area contributed by atoms with Gasteiger partial charge in [0.2, 0.25) is 0 Å². The van der Waals surface area contributed by atoms with Gasteiger partial charge in [-0.15, -0.1) is 0 Å². The van der Waals surface area contributed by atoms with Gasteiger partial charge in [-0.2, -0.15) is 10.2 Å². The predicted molar refractivity (Wildman–Crippen MR) is 76.7 cm³/mol. The molecule has 0 amide bonds. The third-order valence-electron chi connectivity index (χ3n) is 2.91. The van der Waals surface area contributed by atoms with Gasteiger partial charge in [0.1, 0.15) is 0 Å². The molecule has 2 aromatic rings. The fourth-order valence-electron chi connectivity index (χ4n) is 1.93. The molecule has 2 heterocycles. The van der Waals surface area contributed by atoms with Gasteiger partial charge in [0.15, 0.2) is 0 Å². The molecule has 19 heavy (non-hydrogen) atoms. The fourth-order valence-corrected chi connectivity index (χ4v) is 2.17. The minimum absolute atomic E-state index is 0.478. The van der Waals surface area contributed by atoms with E-state index in [0.717, 1.165) is 33.5 Å². The molecule has 0 saturated carbocycles. The van der Waals surface area contributed by atoms with Crippen molar-refractivity contribution in [2.24, 2.45) is 0 Å². The van der Waals surface area contributed by atoms with Crippen LogP contribution in [0.4, 0.5) is 0 Å². The molecule has 4 nitrogen and oxygen atoms in total. The van der Waals surface area contributed by atoms with E-state index in [1.165, 1.54) is 0 Å². The van der Waals surface area contributed by atoms with Crippen LogP contribution in [0, 0.1) is 6.92 Å². The molecule has 5 heteroatoms. The zero-order chi connectivity index (χ0) is 13.8. The van der Waals surface area contributed by atoms with Crippen LogP contribution in [-0.2, 0) is 12.8 Å². The van der Waals surface area contributed by atoms with E-state index in [1.807, 2.05) is 32.0 Å². The normalized spacial score (nSPS) is 12.4. The van der Waals surface area contributed by atoms with Gasteiger partial charge in [-0.25, -0.2) is 0 Å². The maximum atomic E-state index is 10.4. The van der Waals surface area contributed by atoms with Crippen LogP contribution in [0.1, 0.15) is 35.7 Å². The van der Waals surface area contributed by atoms with Crippen LogP contribution >= 0.6 is 15.9 Å². The maximum Gasteiger partial charge on any atom is 0.0864 e. The van der Waals surface area contributed by atoms with Crippen molar-refractivity contribution in [2.75, 3.05) is 0 Å². The Labute approximate surface area is 121 Å². The average molecular weight is 322 g/mol. The molecule has 0 aliphatic carbocycles. The number of rotatable bonds is 4. The molecule has 2 rings (SSSR count). The lowest BCUT2D eigenvalue weighted by Gasteiger charge is -2.14. The minimum atomic E-state index is -0.599. The van der Waals surface area contributed by atoms with E-state index in [-0.39, 0.29) is 0 Å². The van der Waals surface area contributed by atoms with Crippen LogP contribution in [0.2, 0.25) is 0 Å². The summed E-state index contributed by atoms with van der Waals surface area (Å²) < 4.78 is 0.932. The van der Waals surface area contributed by atoms with Gasteiger partial charge >= 0.3 is 0 Å². The number of hydrogen-bond donors (Lipinski definition) is 1. The van der Waals surface area contributed by atoms with E-state index in [4.69, 9.17) is 0 Å². The Balaban J connectivity index is 2.21. The number of aryl methyl sites for hydroxylation is 2. The molecule has 1 unspecified atom stereocenters. The van der Waals surface area contributed by atoms with E-state index in [9.17, 15) is 5.11 Å². The first-order valence-corrected chi connectivity index (χ1v) is 7.01. The Morgan fingerprint density at radius 2 is 2.11 bits per heavy atom. The highest BCUT2D eigenvalue weighted by Crippen LogP contribution is 2.21. The van der Waals surface area contributed by atoms with E-state index >= 15 is 0 Å². The Hall–Kier alpha value is -1.33. The first kappa shape index (κ1) is 14.1. The lowest BCUT2D eigenvalue weighted by Crippen LogP contribution is -2.09. The van der Waals surface area contributed by atoms with Crippen LogP contribution in [0.15, 0.2) is 28.9 Å². The van der Waals surface area contributed by atoms with Crippen LogP contribution < -0.4 is 0 Å². The number of nitrogens with zero attached hydrogens (tertiary/aromatic N) is 3. The van der Waals surface area contributed by atoms with Crippen molar-refractivity contribution in [1.82, 2.24) is 15.2 Å². The Morgan fingerprint density at radius 1 is 1.32 bits per heavy atom. The van der Waals surface area contributed by atoms with Crippen molar-refractivity contribution >= 4 is 15.9 Å². The Bertz CT molecular complexity index is 557. The number of halogens is 1. The monoisotopic (exact) mass is 321 g/mol. The first-order chi connectivity index (χ1) is 9.10. The first-order valence-electron chi connectivity index (χ1n) is 6.21. The number of aliphatic hydroxyl groups is 1. The predicted octanol–water partition coefficient (Wildman–Crippen LogP) is 2.78. The van der Waals surface area contributed by atoms with Gasteiger partial charge in [-0.3, -0.25) is 4.98 Å². The third kappa shape index (κ3) is 3.58. The van der Waals surface area contributed by atoms with E-state index < -0.39 is 6.10 Å². The van der Waals surface area contributed by atoms with E-state index in [2.05, 4.69) is 31.1 Å². The highest BCUT2D eigenvalue weighted by Gasteiger charge is 2.15. The average Bonchev–Trinajstić information content (AvgIpc) is 2.41. The van der Waals surface area contributed by atoms with Crippen LogP contribution in [0.5, 0.6) is 0 Å². The van der Waals surface area contributed by atoms with Crippen LogP contribution in [0.3, 0.4) is 0 Å². The summed E-state index contributed by atoms with van der Waals surface area (Å²) in [6.45, 7) is 3.88. The smallest absolute Gasteiger partial charge is 0.0864 e. The molecule has 0 saturated heterocycles. The van der Waals surface area contributed by atoms with Gasteiger partial charge in [0.25, 0.3) is 0 Å². The summed E-state index contributed by atoms with van der Waals surface area (Å²) >= 11 is 3.35. The largest absolute Gasteiger partial charge is 0.388 e. The van der Waals surface area contributed by atoms with Gasteiger partial charge < -0.3 is 5.11 Å². The van der Waals surface area contributed by atoms with E-state index in [1.54, 1.807) is 6.20 Å². The van der Waals surface area contributed by atoms with Crippen molar-refractivity contribution in [1.29, 1.82) is 0 Å². The molecule has 0 fully saturated rings. The highest BCUT2D eigenvalue weighted by atomic mass is 79.9.